The van der Waals surface area contributed by atoms with Gasteiger partial charge in [-0.3, -0.25) is 9.59 Å². The largest absolute Gasteiger partial charge is 0.462 e. The van der Waals surface area contributed by atoms with Crippen molar-refractivity contribution in [1.82, 2.24) is 0 Å². The van der Waals surface area contributed by atoms with E-state index in [0.717, 1.165) is 12.8 Å². The number of esters is 1. The minimum absolute atomic E-state index is 0.0670. The van der Waals surface area contributed by atoms with E-state index in [1.54, 1.807) is 0 Å². The third-order valence-corrected chi connectivity index (χ3v) is 9.19. The van der Waals surface area contributed by atoms with E-state index in [-0.39, 0.29) is 53.7 Å². The molecule has 6 nitrogen and oxygen atoms in total. The SMILES string of the molecule is C=C1C(=O)[C@]23C[C@@]1(O)CC[C@H]2[C@@]12CO[C@]3(O)C[C@@H]1C(C)(C)CC[C@H]2OC(C)=O. The molecule has 28 heavy (non-hydrogen) atoms. The van der Waals surface area contributed by atoms with Crippen molar-refractivity contribution in [3.63, 3.8) is 0 Å². The summed E-state index contributed by atoms with van der Waals surface area (Å²) in [7, 11) is 0. The normalized spacial score (nSPS) is 53.5. The summed E-state index contributed by atoms with van der Waals surface area (Å²) in [6.45, 7) is 10.0. The van der Waals surface area contributed by atoms with Crippen molar-refractivity contribution in [3.05, 3.63) is 12.2 Å². The first-order chi connectivity index (χ1) is 12.9. The van der Waals surface area contributed by atoms with Crippen molar-refractivity contribution in [2.45, 2.75) is 76.8 Å². The number of Topliss-reactive ketones (excluding diaryl/α,β-unsaturated/α-hetero) is 1. The molecule has 2 heterocycles. The third kappa shape index (κ3) is 1.81. The number of ketones is 1. The van der Waals surface area contributed by atoms with Crippen LogP contribution in [0.25, 0.3) is 0 Å². The van der Waals surface area contributed by atoms with E-state index in [4.69, 9.17) is 9.47 Å². The minimum Gasteiger partial charge on any atom is -0.462 e. The Bertz CT molecular complexity index is 803. The molecule has 2 spiro atoms. The molecular formula is C22H30O6. The van der Waals surface area contributed by atoms with Crippen LogP contribution < -0.4 is 0 Å². The second kappa shape index (κ2) is 5.08. The first-order valence-electron chi connectivity index (χ1n) is 10.4. The van der Waals surface area contributed by atoms with Crippen LogP contribution in [0.15, 0.2) is 12.2 Å². The molecule has 0 aromatic rings. The Labute approximate surface area is 165 Å². The summed E-state index contributed by atoms with van der Waals surface area (Å²) in [6.07, 6.45) is 2.78. The number of hydrogen-bond acceptors (Lipinski definition) is 6. The maximum Gasteiger partial charge on any atom is 0.302 e. The highest BCUT2D eigenvalue weighted by Crippen LogP contribution is 2.77. The zero-order chi connectivity index (χ0) is 20.3. The topological polar surface area (TPSA) is 93.1 Å². The number of aliphatic hydroxyl groups is 2. The van der Waals surface area contributed by atoms with Crippen molar-refractivity contribution in [3.8, 4) is 0 Å². The summed E-state index contributed by atoms with van der Waals surface area (Å²) in [4.78, 5) is 25.4. The average Bonchev–Trinajstić information content (AvgIpc) is 2.76. The molecule has 0 radical (unpaired) electrons. The molecule has 7 atom stereocenters. The zero-order valence-corrected chi connectivity index (χ0v) is 16.9. The van der Waals surface area contributed by atoms with E-state index in [1.807, 2.05) is 0 Å². The van der Waals surface area contributed by atoms with Gasteiger partial charge in [0.2, 0.25) is 0 Å². The highest BCUT2D eigenvalue weighted by atomic mass is 16.6. The van der Waals surface area contributed by atoms with Crippen LogP contribution in [0.4, 0.5) is 0 Å². The molecule has 4 saturated carbocycles. The molecule has 0 unspecified atom stereocenters. The van der Waals surface area contributed by atoms with Gasteiger partial charge in [0.15, 0.2) is 11.6 Å². The molecule has 6 heteroatoms. The van der Waals surface area contributed by atoms with Crippen LogP contribution in [0.2, 0.25) is 0 Å². The summed E-state index contributed by atoms with van der Waals surface area (Å²) in [5.74, 6) is -2.33. The van der Waals surface area contributed by atoms with Gasteiger partial charge in [0, 0.05) is 24.3 Å². The molecule has 2 aliphatic heterocycles. The van der Waals surface area contributed by atoms with Gasteiger partial charge in [0.1, 0.15) is 6.10 Å². The first kappa shape index (κ1) is 18.8. The number of fused-ring (bicyclic) bond motifs is 2. The van der Waals surface area contributed by atoms with Gasteiger partial charge in [-0.05, 0) is 49.4 Å². The van der Waals surface area contributed by atoms with Gasteiger partial charge in [0.25, 0.3) is 0 Å². The van der Waals surface area contributed by atoms with Gasteiger partial charge in [-0.15, -0.1) is 0 Å². The summed E-state index contributed by atoms with van der Waals surface area (Å²) in [6, 6.07) is 0. The summed E-state index contributed by atoms with van der Waals surface area (Å²) < 4.78 is 11.9. The molecular weight excluding hydrogens is 360 g/mol. The van der Waals surface area contributed by atoms with Gasteiger partial charge in [-0.1, -0.05) is 20.4 Å². The molecule has 0 aromatic carbocycles. The van der Waals surface area contributed by atoms with Crippen molar-refractivity contribution in [1.29, 1.82) is 0 Å². The molecule has 0 aromatic heterocycles. The quantitative estimate of drug-likeness (QED) is 0.526. The third-order valence-electron chi connectivity index (χ3n) is 9.19. The Morgan fingerprint density at radius 1 is 1.21 bits per heavy atom. The standard InChI is InChI=1S/C22H30O6/c1-12-17(24)21-10-19(12,25)8-5-14(21)20-11-27-22(21,26)9-15(20)18(3,4)7-6-16(20)28-13(2)23/h14-16,25-26H,1,5-11H2,2-4H3/t14-,15+,16+,19-,20-,21-,22+/m0/s1. The van der Waals surface area contributed by atoms with Crippen LogP contribution in [-0.2, 0) is 19.1 Å². The predicted molar refractivity (Wildman–Crippen MR) is 98.9 cm³/mol. The van der Waals surface area contributed by atoms with Crippen LogP contribution in [0, 0.1) is 28.1 Å². The molecule has 4 aliphatic carbocycles. The van der Waals surface area contributed by atoms with Crippen molar-refractivity contribution in [2.75, 3.05) is 6.61 Å². The second-order valence-electron chi connectivity index (χ2n) is 10.6. The molecule has 6 rings (SSSR count). The van der Waals surface area contributed by atoms with Crippen molar-refractivity contribution >= 4 is 11.8 Å². The molecule has 6 fully saturated rings. The summed E-state index contributed by atoms with van der Waals surface area (Å²) in [5, 5.41) is 22.8. The van der Waals surface area contributed by atoms with Gasteiger partial charge in [0.05, 0.1) is 17.6 Å². The number of ether oxygens (including phenoxy) is 2. The lowest BCUT2D eigenvalue weighted by Gasteiger charge is -2.73. The monoisotopic (exact) mass is 390 g/mol. The Morgan fingerprint density at radius 2 is 1.93 bits per heavy atom. The van der Waals surface area contributed by atoms with Gasteiger partial charge >= 0.3 is 5.97 Å². The van der Waals surface area contributed by atoms with Gasteiger partial charge in [-0.25, -0.2) is 0 Å². The molecule has 2 N–H and O–H groups in total. The van der Waals surface area contributed by atoms with Gasteiger partial charge < -0.3 is 19.7 Å². The number of carbonyl (C=O) groups is 2. The molecule has 6 aliphatic rings. The lowest BCUT2D eigenvalue weighted by Crippen LogP contribution is -2.78. The Hall–Kier alpha value is -1.24. The van der Waals surface area contributed by atoms with Gasteiger partial charge in [-0.2, -0.15) is 0 Å². The molecule has 4 bridgehead atoms. The highest BCUT2D eigenvalue weighted by Gasteiger charge is 2.83. The Morgan fingerprint density at radius 3 is 2.61 bits per heavy atom. The lowest BCUT2D eigenvalue weighted by atomic mass is 9.36. The van der Waals surface area contributed by atoms with E-state index in [0.29, 0.717) is 19.3 Å². The number of hydrogen-bond donors (Lipinski definition) is 2. The van der Waals surface area contributed by atoms with E-state index >= 15 is 0 Å². The van der Waals surface area contributed by atoms with Crippen LogP contribution >= 0.6 is 0 Å². The van der Waals surface area contributed by atoms with Crippen LogP contribution in [0.5, 0.6) is 0 Å². The maximum absolute atomic E-state index is 13.5. The highest BCUT2D eigenvalue weighted by molar-refractivity contribution is 6.05. The van der Waals surface area contributed by atoms with Crippen molar-refractivity contribution < 1.29 is 29.3 Å². The average molecular weight is 390 g/mol. The Kier molecular flexibility index (Phi) is 3.40. The molecule has 2 saturated heterocycles. The van der Waals surface area contributed by atoms with E-state index in [1.165, 1.54) is 6.92 Å². The van der Waals surface area contributed by atoms with Crippen LogP contribution in [-0.4, -0.2) is 46.1 Å². The molecule has 154 valence electrons. The lowest BCUT2D eigenvalue weighted by molar-refractivity contribution is -0.417. The number of carbonyl (C=O) groups excluding carboxylic acids is 2. The van der Waals surface area contributed by atoms with Crippen LogP contribution in [0.1, 0.15) is 59.3 Å². The number of rotatable bonds is 1. The second-order valence-corrected chi connectivity index (χ2v) is 10.6. The summed E-state index contributed by atoms with van der Waals surface area (Å²) >= 11 is 0. The fourth-order valence-corrected chi connectivity index (χ4v) is 7.98. The summed E-state index contributed by atoms with van der Waals surface area (Å²) in [5.41, 5.74) is -2.86. The maximum atomic E-state index is 13.5. The predicted octanol–water partition coefficient (Wildman–Crippen LogP) is 2.12. The van der Waals surface area contributed by atoms with Crippen LogP contribution in [0.3, 0.4) is 0 Å². The van der Waals surface area contributed by atoms with E-state index in [9.17, 15) is 19.8 Å². The fourth-order valence-electron chi connectivity index (χ4n) is 7.98. The minimum atomic E-state index is -1.61. The molecule has 0 amide bonds. The van der Waals surface area contributed by atoms with E-state index < -0.39 is 22.2 Å². The smallest absolute Gasteiger partial charge is 0.302 e. The van der Waals surface area contributed by atoms with Crippen molar-refractivity contribution in [2.24, 2.45) is 28.1 Å². The van der Waals surface area contributed by atoms with E-state index in [2.05, 4.69) is 20.4 Å². The first-order valence-corrected chi connectivity index (χ1v) is 10.4. The zero-order valence-electron chi connectivity index (χ0n) is 16.9. The fraction of sp³-hybridized carbons (Fsp3) is 0.818. The Balaban J connectivity index is 1.73.